The highest BCUT2D eigenvalue weighted by Crippen LogP contribution is 2.42. The fraction of sp³-hybridized carbons (Fsp3) is 0. The average molecular weight is 638 g/mol. The summed E-state index contributed by atoms with van der Waals surface area (Å²) in [6, 6.07) is 52.5. The largest absolute Gasteiger partial charge is 0.456 e. The lowest BCUT2D eigenvalue weighted by Gasteiger charge is -2.16. The highest BCUT2D eigenvalue weighted by molar-refractivity contribution is 6.08. The topological polar surface area (TPSA) is 97.7 Å². The standard InChI is InChI=1S/C45H23N3O2/c46-24-27-9-13-41-37(17-27)39-22-30(11-15-43(39)49-41)33-19-34(31-12-16-44-40(23-31)38-18-28(25-47)10-14-42(38)50-44)21-35(20-33)45-32(26-48)7-4-8-36(45)29-5-2-1-3-6-29/h1-23H. The van der Waals surface area contributed by atoms with Crippen molar-refractivity contribution in [3.63, 3.8) is 0 Å². The normalized spacial score (nSPS) is 11.1. The Balaban J connectivity index is 1.31. The van der Waals surface area contributed by atoms with Gasteiger partial charge in [-0.3, -0.25) is 0 Å². The highest BCUT2D eigenvalue weighted by atomic mass is 16.3. The second kappa shape index (κ2) is 11.4. The first-order chi connectivity index (χ1) is 24.6. The van der Waals surface area contributed by atoms with Gasteiger partial charge in [-0.25, -0.2) is 0 Å². The first-order valence-corrected chi connectivity index (χ1v) is 16.1. The van der Waals surface area contributed by atoms with E-state index in [4.69, 9.17) is 8.83 Å². The number of nitriles is 3. The Kier molecular flexibility index (Phi) is 6.56. The van der Waals surface area contributed by atoms with E-state index in [2.05, 4.69) is 66.7 Å². The molecule has 2 aromatic heterocycles. The number of furan rings is 2. The van der Waals surface area contributed by atoms with Crippen LogP contribution in [0.3, 0.4) is 0 Å². The zero-order valence-corrected chi connectivity index (χ0v) is 26.4. The summed E-state index contributed by atoms with van der Waals surface area (Å²) in [5.41, 5.74) is 12.2. The van der Waals surface area contributed by atoms with Crippen LogP contribution < -0.4 is 0 Å². The molecule has 5 heteroatoms. The smallest absolute Gasteiger partial charge is 0.135 e. The van der Waals surface area contributed by atoms with Gasteiger partial charge in [-0.1, -0.05) is 54.6 Å². The molecule has 0 bridgehead atoms. The van der Waals surface area contributed by atoms with Crippen LogP contribution in [0.1, 0.15) is 16.7 Å². The minimum absolute atomic E-state index is 0.570. The van der Waals surface area contributed by atoms with Crippen LogP contribution in [0.4, 0.5) is 0 Å². The number of fused-ring (bicyclic) bond motifs is 6. The molecule has 50 heavy (non-hydrogen) atoms. The molecule has 0 aliphatic rings. The van der Waals surface area contributed by atoms with Crippen molar-refractivity contribution in [2.75, 3.05) is 0 Å². The molecule has 0 radical (unpaired) electrons. The summed E-state index contributed by atoms with van der Waals surface area (Å²) in [7, 11) is 0. The molecule has 0 unspecified atom stereocenters. The maximum absolute atomic E-state index is 10.4. The number of nitrogens with zero attached hydrogens (tertiary/aromatic N) is 3. The fourth-order valence-corrected chi connectivity index (χ4v) is 6.97. The van der Waals surface area contributed by atoms with E-state index in [1.54, 1.807) is 12.1 Å². The molecule has 5 nitrogen and oxygen atoms in total. The van der Waals surface area contributed by atoms with E-state index >= 15 is 0 Å². The summed E-state index contributed by atoms with van der Waals surface area (Å²) in [5.74, 6) is 0. The quantitative estimate of drug-likeness (QED) is 0.191. The van der Waals surface area contributed by atoms with Crippen LogP contribution in [0.2, 0.25) is 0 Å². The van der Waals surface area contributed by atoms with Gasteiger partial charge >= 0.3 is 0 Å². The fourth-order valence-electron chi connectivity index (χ4n) is 6.97. The Labute approximate surface area is 286 Å². The molecule has 9 rings (SSSR count). The molecule has 0 aliphatic carbocycles. The highest BCUT2D eigenvalue weighted by Gasteiger charge is 2.18. The van der Waals surface area contributed by atoms with E-state index in [1.807, 2.05) is 78.9 Å². The van der Waals surface area contributed by atoms with E-state index in [0.29, 0.717) is 16.7 Å². The molecule has 0 saturated heterocycles. The molecule has 0 N–H and O–H groups in total. The van der Waals surface area contributed by atoms with Gasteiger partial charge in [0.05, 0.1) is 34.9 Å². The summed E-state index contributed by atoms with van der Waals surface area (Å²) in [4.78, 5) is 0. The third-order valence-corrected chi connectivity index (χ3v) is 9.35. The molecule has 0 fully saturated rings. The van der Waals surface area contributed by atoms with Crippen molar-refractivity contribution < 1.29 is 8.83 Å². The van der Waals surface area contributed by atoms with Crippen LogP contribution in [0.5, 0.6) is 0 Å². The molecule has 0 amide bonds. The minimum Gasteiger partial charge on any atom is -0.456 e. The van der Waals surface area contributed by atoms with Crippen molar-refractivity contribution >= 4 is 43.9 Å². The summed E-state index contributed by atoms with van der Waals surface area (Å²) in [6.45, 7) is 0. The molecule has 7 aromatic carbocycles. The molecule has 0 spiro atoms. The Hall–Kier alpha value is -7.39. The molecule has 0 saturated carbocycles. The summed E-state index contributed by atoms with van der Waals surface area (Å²) in [6.07, 6.45) is 0. The maximum Gasteiger partial charge on any atom is 0.135 e. The SMILES string of the molecule is N#Cc1ccc2oc3ccc(-c4cc(-c5ccc6oc7ccc(C#N)cc7c6c5)cc(-c5c(C#N)cccc5-c5ccccc5)c4)cc3c2c1. The van der Waals surface area contributed by atoms with E-state index < -0.39 is 0 Å². The second-order valence-electron chi connectivity index (χ2n) is 12.3. The predicted octanol–water partition coefficient (Wildman–Crippen LogP) is 11.8. The van der Waals surface area contributed by atoms with Crippen LogP contribution in [0, 0.1) is 34.0 Å². The van der Waals surface area contributed by atoms with Gasteiger partial charge in [0.1, 0.15) is 22.3 Å². The lowest BCUT2D eigenvalue weighted by Crippen LogP contribution is -1.92. The lowest BCUT2D eigenvalue weighted by molar-refractivity contribution is 0.668. The Morgan fingerprint density at radius 1 is 0.360 bits per heavy atom. The van der Waals surface area contributed by atoms with Crippen molar-refractivity contribution in [2.24, 2.45) is 0 Å². The summed E-state index contributed by atoms with van der Waals surface area (Å²) in [5, 5.41) is 33.1. The van der Waals surface area contributed by atoms with Gasteiger partial charge in [0.2, 0.25) is 0 Å². The zero-order chi connectivity index (χ0) is 33.8. The van der Waals surface area contributed by atoms with Gasteiger partial charge in [0.25, 0.3) is 0 Å². The molecule has 2 heterocycles. The van der Waals surface area contributed by atoms with Crippen molar-refractivity contribution in [3.8, 4) is 62.7 Å². The third kappa shape index (κ3) is 4.69. The second-order valence-corrected chi connectivity index (χ2v) is 12.3. The van der Waals surface area contributed by atoms with Gasteiger partial charge in [-0.05, 0) is 124 Å². The van der Waals surface area contributed by atoms with Crippen LogP contribution in [0.15, 0.2) is 148 Å². The number of hydrogen-bond acceptors (Lipinski definition) is 5. The molecule has 0 atom stereocenters. The average Bonchev–Trinajstić information content (AvgIpc) is 3.74. The van der Waals surface area contributed by atoms with E-state index in [9.17, 15) is 15.8 Å². The van der Waals surface area contributed by atoms with E-state index in [0.717, 1.165) is 88.4 Å². The Morgan fingerprint density at radius 3 is 1.38 bits per heavy atom. The van der Waals surface area contributed by atoms with Gasteiger partial charge in [0.15, 0.2) is 0 Å². The monoisotopic (exact) mass is 637 g/mol. The van der Waals surface area contributed by atoms with Crippen LogP contribution in [0.25, 0.3) is 88.4 Å². The third-order valence-electron chi connectivity index (χ3n) is 9.35. The van der Waals surface area contributed by atoms with Crippen molar-refractivity contribution in [3.05, 3.63) is 156 Å². The van der Waals surface area contributed by atoms with Gasteiger partial charge in [-0.2, -0.15) is 15.8 Å². The summed E-state index contributed by atoms with van der Waals surface area (Å²) < 4.78 is 12.3. The molecular weight excluding hydrogens is 615 g/mol. The van der Waals surface area contributed by atoms with Gasteiger partial charge < -0.3 is 8.83 Å². The first-order valence-electron chi connectivity index (χ1n) is 16.1. The molecule has 9 aromatic rings. The van der Waals surface area contributed by atoms with Gasteiger partial charge in [0, 0.05) is 27.1 Å². The number of hydrogen-bond donors (Lipinski definition) is 0. The van der Waals surface area contributed by atoms with E-state index in [-0.39, 0.29) is 0 Å². The van der Waals surface area contributed by atoms with Crippen molar-refractivity contribution in [1.82, 2.24) is 0 Å². The Bertz CT molecular complexity index is 2810. The minimum atomic E-state index is 0.570. The molecule has 0 aliphatic heterocycles. The maximum atomic E-state index is 10.4. The lowest BCUT2D eigenvalue weighted by atomic mass is 9.87. The van der Waals surface area contributed by atoms with Crippen molar-refractivity contribution in [1.29, 1.82) is 15.8 Å². The number of benzene rings is 7. The predicted molar refractivity (Wildman–Crippen MR) is 197 cm³/mol. The van der Waals surface area contributed by atoms with E-state index in [1.165, 1.54) is 0 Å². The van der Waals surface area contributed by atoms with Gasteiger partial charge in [-0.15, -0.1) is 0 Å². The Morgan fingerprint density at radius 2 is 0.860 bits per heavy atom. The first kappa shape index (κ1) is 28.8. The molecular formula is C45H23N3O2. The zero-order valence-electron chi connectivity index (χ0n) is 26.4. The van der Waals surface area contributed by atoms with Crippen LogP contribution in [-0.4, -0.2) is 0 Å². The van der Waals surface area contributed by atoms with Crippen LogP contribution in [-0.2, 0) is 0 Å². The molecule has 230 valence electrons. The number of rotatable bonds is 4. The van der Waals surface area contributed by atoms with Crippen LogP contribution >= 0.6 is 0 Å². The summed E-state index contributed by atoms with van der Waals surface area (Å²) >= 11 is 0. The van der Waals surface area contributed by atoms with Crippen molar-refractivity contribution in [2.45, 2.75) is 0 Å².